The Bertz CT molecular complexity index is 3760. The lowest BCUT2D eigenvalue weighted by atomic mass is 9.97. The van der Waals surface area contributed by atoms with Crippen LogP contribution in [0.15, 0.2) is 197 Å². The molecule has 0 saturated carbocycles. The summed E-state index contributed by atoms with van der Waals surface area (Å²) >= 11 is 0. The van der Waals surface area contributed by atoms with Crippen molar-refractivity contribution in [2.75, 3.05) is 0 Å². The van der Waals surface area contributed by atoms with E-state index in [1.807, 2.05) is 48.5 Å². The molecule has 13 aromatic rings. The van der Waals surface area contributed by atoms with Crippen LogP contribution in [0.25, 0.3) is 121 Å². The molecule has 9 aromatic carbocycles. The number of furan rings is 2. The van der Waals surface area contributed by atoms with Crippen molar-refractivity contribution < 1.29 is 8.83 Å². The summed E-state index contributed by atoms with van der Waals surface area (Å²) in [5, 5.41) is 18.4. The van der Waals surface area contributed by atoms with Crippen molar-refractivity contribution in [3.05, 3.63) is 194 Å². The molecule has 4 aromatic heterocycles. The Labute approximate surface area is 342 Å². The summed E-state index contributed by atoms with van der Waals surface area (Å²) in [4.78, 5) is 0. The number of fused-ring (bicyclic) bond motifs is 14. The SMILES string of the molecule is N#Cc1ccc(-c2cccc(-c3cc(-n4c5ccccc5c5c6oc7ccccc7c6ccc54)cc(-n4c5ccccc5c5c6oc7ccccc7c6ccc54)c3)c2)cc1. The summed E-state index contributed by atoms with van der Waals surface area (Å²) in [6, 6.07) is 68.4. The number of nitriles is 1. The van der Waals surface area contributed by atoms with Gasteiger partial charge in [0.25, 0.3) is 0 Å². The standard InChI is InChI=1S/C55H31N3O2/c56-32-33-20-22-34(23-21-33)35-10-9-11-36(28-35)37-29-38(57-46-16-5-1-14-44(46)52-48(57)26-24-42-40-12-3-7-18-50(40)59-54(42)52)31-39(30-37)58-47-17-6-2-15-45(47)53-49(58)27-25-43-41-13-4-8-19-51(41)60-55(43)53/h1-31H. The van der Waals surface area contributed by atoms with E-state index in [-0.39, 0.29) is 0 Å². The highest BCUT2D eigenvalue weighted by Crippen LogP contribution is 2.44. The molecule has 13 rings (SSSR count). The van der Waals surface area contributed by atoms with Gasteiger partial charge in [0.15, 0.2) is 0 Å². The second-order valence-electron chi connectivity index (χ2n) is 15.6. The van der Waals surface area contributed by atoms with Crippen LogP contribution in [0.5, 0.6) is 0 Å². The lowest BCUT2D eigenvalue weighted by Gasteiger charge is -2.16. The van der Waals surface area contributed by atoms with E-state index in [1.54, 1.807) is 0 Å². The quantitative estimate of drug-likeness (QED) is 0.179. The first-order valence-corrected chi connectivity index (χ1v) is 20.1. The van der Waals surface area contributed by atoms with Crippen LogP contribution in [0.3, 0.4) is 0 Å². The zero-order chi connectivity index (χ0) is 39.5. The van der Waals surface area contributed by atoms with Gasteiger partial charge in [0.2, 0.25) is 0 Å². The summed E-state index contributed by atoms with van der Waals surface area (Å²) in [6.45, 7) is 0. The monoisotopic (exact) mass is 765 g/mol. The van der Waals surface area contributed by atoms with Gasteiger partial charge in [-0.05, 0) is 107 Å². The Hall–Kier alpha value is -8.33. The highest BCUT2D eigenvalue weighted by atomic mass is 16.3. The van der Waals surface area contributed by atoms with Gasteiger partial charge in [-0.3, -0.25) is 0 Å². The highest BCUT2D eigenvalue weighted by molar-refractivity contribution is 6.25. The molecule has 0 N–H and O–H groups in total. The van der Waals surface area contributed by atoms with Crippen molar-refractivity contribution in [1.29, 1.82) is 5.26 Å². The van der Waals surface area contributed by atoms with Crippen LogP contribution in [0.4, 0.5) is 0 Å². The Balaban J connectivity index is 1.13. The normalized spacial score (nSPS) is 12.0. The van der Waals surface area contributed by atoms with Gasteiger partial charge in [-0.1, -0.05) is 103 Å². The minimum absolute atomic E-state index is 0.643. The fraction of sp³-hybridized carbons (Fsp3) is 0. The van der Waals surface area contributed by atoms with E-state index < -0.39 is 0 Å². The minimum Gasteiger partial charge on any atom is -0.455 e. The fourth-order valence-electron chi connectivity index (χ4n) is 9.66. The van der Waals surface area contributed by atoms with Crippen molar-refractivity contribution in [3.63, 3.8) is 0 Å². The molecule has 0 bridgehead atoms. The van der Waals surface area contributed by atoms with E-state index in [9.17, 15) is 5.26 Å². The first kappa shape index (κ1) is 32.7. The van der Waals surface area contributed by atoms with Crippen molar-refractivity contribution in [3.8, 4) is 39.7 Å². The minimum atomic E-state index is 0.643. The molecule has 0 atom stereocenters. The molecule has 0 aliphatic carbocycles. The molecule has 0 radical (unpaired) electrons. The highest BCUT2D eigenvalue weighted by Gasteiger charge is 2.22. The molecule has 5 heteroatoms. The number of rotatable bonds is 4. The average Bonchev–Trinajstić information content (AvgIpc) is 4.06. The average molecular weight is 766 g/mol. The predicted octanol–water partition coefficient (Wildman–Crippen LogP) is 14.9. The molecular formula is C55H31N3O2. The number of hydrogen-bond acceptors (Lipinski definition) is 3. The molecule has 0 fully saturated rings. The van der Waals surface area contributed by atoms with Gasteiger partial charge in [0, 0.05) is 43.7 Å². The van der Waals surface area contributed by atoms with Crippen LogP contribution in [0, 0.1) is 11.3 Å². The van der Waals surface area contributed by atoms with Crippen molar-refractivity contribution in [1.82, 2.24) is 9.13 Å². The summed E-state index contributed by atoms with van der Waals surface area (Å²) in [6.07, 6.45) is 0. The maximum Gasteiger partial charge on any atom is 0.145 e. The molecule has 0 aliphatic rings. The van der Waals surface area contributed by atoms with Gasteiger partial charge in [-0.2, -0.15) is 5.26 Å². The van der Waals surface area contributed by atoms with E-state index >= 15 is 0 Å². The summed E-state index contributed by atoms with van der Waals surface area (Å²) < 4.78 is 18.1. The zero-order valence-electron chi connectivity index (χ0n) is 32.1. The van der Waals surface area contributed by atoms with Gasteiger partial charge in [-0.25, -0.2) is 0 Å². The maximum absolute atomic E-state index is 9.47. The van der Waals surface area contributed by atoms with Crippen LogP contribution >= 0.6 is 0 Å². The fourth-order valence-corrected chi connectivity index (χ4v) is 9.66. The Morgan fingerprint density at radius 2 is 0.833 bits per heavy atom. The number of nitrogens with zero attached hydrogens (tertiary/aromatic N) is 3. The molecule has 0 aliphatic heterocycles. The van der Waals surface area contributed by atoms with E-state index in [0.29, 0.717) is 5.56 Å². The van der Waals surface area contributed by atoms with Crippen LogP contribution < -0.4 is 0 Å². The first-order chi connectivity index (χ1) is 29.7. The lowest BCUT2D eigenvalue weighted by Crippen LogP contribution is -2.00. The van der Waals surface area contributed by atoms with Gasteiger partial charge in [0.1, 0.15) is 22.3 Å². The Morgan fingerprint density at radius 1 is 0.350 bits per heavy atom. The summed E-state index contributed by atoms with van der Waals surface area (Å²) in [5.74, 6) is 0. The van der Waals surface area contributed by atoms with Gasteiger partial charge < -0.3 is 18.0 Å². The van der Waals surface area contributed by atoms with E-state index in [0.717, 1.165) is 121 Å². The molecule has 278 valence electrons. The van der Waals surface area contributed by atoms with Crippen LogP contribution in [-0.4, -0.2) is 9.13 Å². The lowest BCUT2D eigenvalue weighted by molar-refractivity contribution is 0.672. The third-order valence-corrected chi connectivity index (χ3v) is 12.3. The van der Waals surface area contributed by atoms with Gasteiger partial charge in [-0.15, -0.1) is 0 Å². The van der Waals surface area contributed by atoms with Crippen molar-refractivity contribution in [2.45, 2.75) is 0 Å². The first-order valence-electron chi connectivity index (χ1n) is 20.1. The van der Waals surface area contributed by atoms with Crippen LogP contribution in [0.1, 0.15) is 5.56 Å². The smallest absolute Gasteiger partial charge is 0.145 e. The molecule has 0 amide bonds. The van der Waals surface area contributed by atoms with Gasteiger partial charge >= 0.3 is 0 Å². The van der Waals surface area contributed by atoms with Crippen molar-refractivity contribution >= 4 is 87.5 Å². The predicted molar refractivity (Wildman–Crippen MR) is 245 cm³/mol. The summed E-state index contributed by atoms with van der Waals surface area (Å²) in [7, 11) is 0. The molecule has 0 spiro atoms. The number of hydrogen-bond donors (Lipinski definition) is 0. The number of para-hydroxylation sites is 4. The van der Waals surface area contributed by atoms with E-state index in [2.05, 4.69) is 155 Å². The third kappa shape index (κ3) is 4.61. The second kappa shape index (κ2) is 12.3. The third-order valence-electron chi connectivity index (χ3n) is 12.3. The second-order valence-corrected chi connectivity index (χ2v) is 15.6. The molecule has 0 saturated heterocycles. The number of benzene rings is 9. The van der Waals surface area contributed by atoms with Crippen LogP contribution in [0.2, 0.25) is 0 Å². The molecule has 4 heterocycles. The Kier molecular flexibility index (Phi) is 6.73. The van der Waals surface area contributed by atoms with E-state index in [4.69, 9.17) is 8.83 Å². The maximum atomic E-state index is 9.47. The van der Waals surface area contributed by atoms with Crippen molar-refractivity contribution in [2.24, 2.45) is 0 Å². The molecule has 0 unspecified atom stereocenters. The molecule has 60 heavy (non-hydrogen) atoms. The summed E-state index contributed by atoms with van der Waals surface area (Å²) in [5.41, 5.74) is 14.9. The molecule has 5 nitrogen and oxygen atoms in total. The number of aromatic nitrogens is 2. The Morgan fingerprint density at radius 3 is 1.37 bits per heavy atom. The topological polar surface area (TPSA) is 59.9 Å². The van der Waals surface area contributed by atoms with E-state index in [1.165, 1.54) is 0 Å². The molecular weight excluding hydrogens is 735 g/mol. The zero-order valence-corrected chi connectivity index (χ0v) is 32.1. The van der Waals surface area contributed by atoms with Crippen LogP contribution in [-0.2, 0) is 0 Å². The van der Waals surface area contributed by atoms with Gasteiger partial charge in [0.05, 0.1) is 44.5 Å². The largest absolute Gasteiger partial charge is 0.455 e.